The molecule has 4 heteroatoms. The van der Waals surface area contributed by atoms with Crippen LogP contribution in [0.15, 0.2) is 24.3 Å². The van der Waals surface area contributed by atoms with Crippen LogP contribution in [0.3, 0.4) is 0 Å². The van der Waals surface area contributed by atoms with Crippen molar-refractivity contribution >= 4 is 5.91 Å². The zero-order valence-corrected chi connectivity index (χ0v) is 13.2. The fraction of sp³-hybridized carbons (Fsp3) is 0.588. The van der Waals surface area contributed by atoms with E-state index in [0.29, 0.717) is 12.1 Å². The van der Waals surface area contributed by atoms with E-state index < -0.39 is 6.10 Å². The molecule has 1 aromatic carbocycles. The first-order valence-corrected chi connectivity index (χ1v) is 7.81. The summed E-state index contributed by atoms with van der Waals surface area (Å²) in [6, 6.07) is 8.93. The summed E-state index contributed by atoms with van der Waals surface area (Å²) in [7, 11) is 1.98. The summed E-state index contributed by atoms with van der Waals surface area (Å²) in [4.78, 5) is 11.8. The Kier molecular flexibility index (Phi) is 5.62. The van der Waals surface area contributed by atoms with Crippen molar-refractivity contribution in [2.75, 3.05) is 7.05 Å². The normalized spacial score (nSPS) is 17.1. The van der Waals surface area contributed by atoms with Gasteiger partial charge in [-0.05, 0) is 64.3 Å². The molecule has 0 spiro atoms. The summed E-state index contributed by atoms with van der Waals surface area (Å²) in [5.74, 6) is 0.725. The molecule has 2 N–H and O–H groups in total. The molecule has 0 aromatic heterocycles. The van der Waals surface area contributed by atoms with Crippen molar-refractivity contribution in [3.63, 3.8) is 0 Å². The van der Waals surface area contributed by atoms with Crippen molar-refractivity contribution in [3.05, 3.63) is 29.8 Å². The monoisotopic (exact) mass is 290 g/mol. The average Bonchev–Trinajstić information content (AvgIpc) is 3.30. The van der Waals surface area contributed by atoms with Crippen molar-refractivity contribution in [1.82, 2.24) is 10.6 Å². The molecule has 2 atom stereocenters. The highest BCUT2D eigenvalue weighted by Gasteiger charge is 2.26. The lowest BCUT2D eigenvalue weighted by molar-refractivity contribution is -0.127. The number of carbonyl (C=O) groups excluding carboxylic acids is 1. The Morgan fingerprint density at radius 3 is 2.52 bits per heavy atom. The van der Waals surface area contributed by atoms with Gasteiger partial charge in [0, 0.05) is 12.1 Å². The van der Waals surface area contributed by atoms with Crippen molar-refractivity contribution in [2.24, 2.45) is 0 Å². The molecule has 0 heterocycles. The maximum Gasteiger partial charge on any atom is 0.260 e. The number of rotatable bonds is 8. The van der Waals surface area contributed by atoms with Crippen LogP contribution in [0.4, 0.5) is 0 Å². The number of hydrogen-bond acceptors (Lipinski definition) is 3. The lowest BCUT2D eigenvalue weighted by Crippen LogP contribution is -2.37. The maximum absolute atomic E-state index is 11.8. The number of hydrogen-bond donors (Lipinski definition) is 2. The Labute approximate surface area is 127 Å². The van der Waals surface area contributed by atoms with Crippen LogP contribution in [-0.2, 0) is 11.2 Å². The predicted molar refractivity (Wildman–Crippen MR) is 84.5 cm³/mol. The second-order valence-corrected chi connectivity index (χ2v) is 5.92. The van der Waals surface area contributed by atoms with E-state index in [9.17, 15) is 4.79 Å². The first-order chi connectivity index (χ1) is 10.1. The first kappa shape index (κ1) is 15.8. The van der Waals surface area contributed by atoms with Gasteiger partial charge < -0.3 is 15.4 Å². The molecule has 0 aliphatic heterocycles. The van der Waals surface area contributed by atoms with Gasteiger partial charge >= 0.3 is 0 Å². The lowest BCUT2D eigenvalue weighted by Gasteiger charge is -2.15. The molecular formula is C17H26N2O2. The van der Waals surface area contributed by atoms with Crippen molar-refractivity contribution in [1.29, 1.82) is 0 Å². The van der Waals surface area contributed by atoms with Gasteiger partial charge in [-0.1, -0.05) is 12.1 Å². The third kappa shape index (κ3) is 5.38. The number of ether oxygens (including phenoxy) is 1. The molecule has 21 heavy (non-hydrogen) atoms. The fourth-order valence-electron chi connectivity index (χ4n) is 2.07. The molecule has 116 valence electrons. The molecule has 1 amide bonds. The van der Waals surface area contributed by atoms with Gasteiger partial charge in [-0.3, -0.25) is 4.79 Å². The summed E-state index contributed by atoms with van der Waals surface area (Å²) >= 11 is 0. The summed E-state index contributed by atoms with van der Waals surface area (Å²) < 4.78 is 5.68. The van der Waals surface area contributed by atoms with Crippen molar-refractivity contribution < 1.29 is 9.53 Å². The Morgan fingerprint density at radius 1 is 1.29 bits per heavy atom. The van der Waals surface area contributed by atoms with E-state index in [-0.39, 0.29) is 5.91 Å². The zero-order chi connectivity index (χ0) is 15.2. The van der Waals surface area contributed by atoms with Gasteiger partial charge in [-0.2, -0.15) is 0 Å². The number of nitrogens with one attached hydrogen (secondary N) is 2. The highest BCUT2D eigenvalue weighted by Crippen LogP contribution is 2.20. The molecule has 1 aromatic rings. The molecule has 1 aliphatic rings. The van der Waals surface area contributed by atoms with E-state index in [2.05, 4.69) is 29.7 Å². The summed E-state index contributed by atoms with van der Waals surface area (Å²) in [6.45, 7) is 3.97. The number of carbonyl (C=O) groups is 1. The van der Waals surface area contributed by atoms with E-state index in [1.165, 1.54) is 5.56 Å². The van der Waals surface area contributed by atoms with Gasteiger partial charge in [0.1, 0.15) is 5.75 Å². The Hall–Kier alpha value is -1.55. The minimum atomic E-state index is -0.444. The standard InChI is InChI=1S/C17H26N2O2/c1-12(18-3)4-5-14-6-10-16(11-7-14)21-13(2)17(20)19-15-8-9-15/h6-7,10-13,15,18H,4-5,8-9H2,1-3H3,(H,19,20). The largest absolute Gasteiger partial charge is 0.481 e. The molecule has 0 saturated heterocycles. The van der Waals surface area contributed by atoms with Gasteiger partial charge in [0.15, 0.2) is 6.10 Å². The Bertz CT molecular complexity index is 454. The van der Waals surface area contributed by atoms with E-state index in [4.69, 9.17) is 4.74 Å². The smallest absolute Gasteiger partial charge is 0.260 e. The van der Waals surface area contributed by atoms with Crippen LogP contribution in [0.5, 0.6) is 5.75 Å². The molecule has 2 unspecified atom stereocenters. The number of aryl methyl sites for hydroxylation is 1. The molecule has 1 fully saturated rings. The van der Waals surface area contributed by atoms with Crippen LogP contribution in [-0.4, -0.2) is 31.1 Å². The lowest BCUT2D eigenvalue weighted by atomic mass is 10.1. The van der Waals surface area contributed by atoms with Crippen LogP contribution in [0.25, 0.3) is 0 Å². The highest BCUT2D eigenvalue weighted by atomic mass is 16.5. The minimum Gasteiger partial charge on any atom is -0.481 e. The minimum absolute atomic E-state index is 0.0237. The zero-order valence-electron chi connectivity index (χ0n) is 13.2. The number of benzene rings is 1. The molecule has 2 rings (SSSR count). The molecule has 1 saturated carbocycles. The summed E-state index contributed by atoms with van der Waals surface area (Å²) in [6.07, 6.45) is 3.90. The maximum atomic E-state index is 11.8. The van der Waals surface area contributed by atoms with Crippen LogP contribution in [0.2, 0.25) is 0 Å². The molecule has 0 bridgehead atoms. The van der Waals surface area contributed by atoms with Crippen LogP contribution < -0.4 is 15.4 Å². The van der Waals surface area contributed by atoms with Gasteiger partial charge in [0.25, 0.3) is 5.91 Å². The van der Waals surface area contributed by atoms with E-state index in [1.807, 2.05) is 19.2 Å². The summed E-state index contributed by atoms with van der Waals surface area (Å²) in [5.41, 5.74) is 1.29. The number of amides is 1. The quantitative estimate of drug-likeness (QED) is 0.772. The Balaban J connectivity index is 1.79. The Morgan fingerprint density at radius 2 is 1.95 bits per heavy atom. The van der Waals surface area contributed by atoms with E-state index >= 15 is 0 Å². The third-order valence-electron chi connectivity index (χ3n) is 3.89. The highest BCUT2D eigenvalue weighted by molar-refractivity contribution is 5.81. The topological polar surface area (TPSA) is 50.4 Å². The van der Waals surface area contributed by atoms with E-state index in [0.717, 1.165) is 31.4 Å². The third-order valence-corrected chi connectivity index (χ3v) is 3.89. The van der Waals surface area contributed by atoms with Crippen LogP contribution in [0, 0.1) is 0 Å². The SMILES string of the molecule is CNC(C)CCc1ccc(OC(C)C(=O)NC2CC2)cc1. The first-order valence-electron chi connectivity index (χ1n) is 7.81. The molecule has 0 radical (unpaired) electrons. The van der Waals surface area contributed by atoms with Gasteiger partial charge in [-0.25, -0.2) is 0 Å². The fourth-order valence-corrected chi connectivity index (χ4v) is 2.07. The van der Waals surface area contributed by atoms with Gasteiger partial charge in [0.05, 0.1) is 0 Å². The van der Waals surface area contributed by atoms with Gasteiger partial charge in [-0.15, -0.1) is 0 Å². The average molecular weight is 290 g/mol. The van der Waals surface area contributed by atoms with Gasteiger partial charge in [0.2, 0.25) is 0 Å². The second kappa shape index (κ2) is 7.46. The van der Waals surface area contributed by atoms with E-state index in [1.54, 1.807) is 6.92 Å². The predicted octanol–water partition coefficient (Wildman–Crippen LogP) is 2.27. The van der Waals surface area contributed by atoms with Crippen LogP contribution >= 0.6 is 0 Å². The summed E-state index contributed by atoms with van der Waals surface area (Å²) in [5, 5.41) is 6.19. The molecule has 1 aliphatic carbocycles. The molecule has 4 nitrogen and oxygen atoms in total. The molecular weight excluding hydrogens is 264 g/mol. The second-order valence-electron chi connectivity index (χ2n) is 5.92. The van der Waals surface area contributed by atoms with Crippen molar-refractivity contribution in [2.45, 2.75) is 57.7 Å². The van der Waals surface area contributed by atoms with Crippen LogP contribution in [0.1, 0.15) is 38.7 Å². The van der Waals surface area contributed by atoms with Crippen molar-refractivity contribution in [3.8, 4) is 5.75 Å².